The van der Waals surface area contributed by atoms with Gasteiger partial charge in [-0.15, -0.1) is 0 Å². The number of benzene rings is 2. The average Bonchev–Trinajstić information content (AvgIpc) is 3.37. The number of thiophene rings is 1. The highest BCUT2D eigenvalue weighted by atomic mass is 32.1. The van der Waals surface area contributed by atoms with Gasteiger partial charge in [-0.2, -0.15) is 21.6 Å². The fraction of sp³-hybridized carbons (Fsp3) is 0.467. The van der Waals surface area contributed by atoms with Crippen LogP contribution in [0.1, 0.15) is 76.3 Å². The van der Waals surface area contributed by atoms with Crippen molar-refractivity contribution in [3.05, 3.63) is 80.5 Å². The largest absolute Gasteiger partial charge is 0.372 e. The van der Waals surface area contributed by atoms with Crippen molar-refractivity contribution in [1.29, 1.82) is 0 Å². The summed E-state index contributed by atoms with van der Waals surface area (Å²) in [6.07, 6.45) is 12.8. The normalized spacial score (nSPS) is 11.3. The summed E-state index contributed by atoms with van der Waals surface area (Å²) in [5.74, 6) is 0. The van der Waals surface area contributed by atoms with Crippen molar-refractivity contribution >= 4 is 34.1 Å². The number of non-ortho nitro benzene ring substituents is 1. The van der Waals surface area contributed by atoms with Crippen molar-refractivity contribution in [3.63, 3.8) is 0 Å². The number of nitrogens with zero attached hydrogens (tertiary/aromatic N) is 4. The summed E-state index contributed by atoms with van der Waals surface area (Å²) in [6, 6.07) is 14.2. The van der Waals surface area contributed by atoms with Crippen molar-refractivity contribution in [2.24, 2.45) is 10.2 Å². The van der Waals surface area contributed by atoms with Crippen molar-refractivity contribution in [1.82, 2.24) is 0 Å². The minimum Gasteiger partial charge on any atom is -0.372 e. The zero-order chi connectivity index (χ0) is 26.3. The molecule has 0 radical (unpaired) electrons. The lowest BCUT2D eigenvalue weighted by Crippen LogP contribution is -2.23. The van der Waals surface area contributed by atoms with Gasteiger partial charge in [0.15, 0.2) is 0 Å². The molecule has 0 aliphatic rings. The van der Waals surface area contributed by atoms with Crippen LogP contribution in [0.2, 0.25) is 0 Å². The number of unbranched alkanes of at least 4 members (excludes halogenated alkanes) is 6. The van der Waals surface area contributed by atoms with E-state index in [-0.39, 0.29) is 5.69 Å². The Hall–Kier alpha value is -3.06. The standard InChI is InChI=1S/C30H40N4O2S/c1-3-5-6-9-12-25-23-37-24-26(25)13-10-7-8-11-22-33(4-2)29-18-14-27(15-19-29)31-32-28-16-20-30(21-17-28)34(35)36/h14-21,23-24H,3-13,22H2,1-2H3. The van der Waals surface area contributed by atoms with Gasteiger partial charge in [0.25, 0.3) is 5.69 Å². The molecule has 0 bridgehead atoms. The van der Waals surface area contributed by atoms with Crippen LogP contribution in [0, 0.1) is 10.1 Å². The molecule has 37 heavy (non-hydrogen) atoms. The lowest BCUT2D eigenvalue weighted by atomic mass is 10.0. The van der Waals surface area contributed by atoms with E-state index in [4.69, 9.17) is 0 Å². The zero-order valence-corrected chi connectivity index (χ0v) is 23.1. The third-order valence-corrected chi connectivity index (χ3v) is 7.54. The Morgan fingerprint density at radius 3 is 1.84 bits per heavy atom. The molecule has 3 aromatic rings. The van der Waals surface area contributed by atoms with E-state index in [0.717, 1.165) is 18.8 Å². The first-order chi connectivity index (χ1) is 18.1. The Morgan fingerprint density at radius 1 is 0.757 bits per heavy atom. The first kappa shape index (κ1) is 28.5. The maximum atomic E-state index is 10.8. The van der Waals surface area contributed by atoms with Crippen LogP contribution in [-0.2, 0) is 12.8 Å². The molecular formula is C30H40N4O2S. The number of azo groups is 1. The van der Waals surface area contributed by atoms with E-state index < -0.39 is 4.92 Å². The first-order valence-electron chi connectivity index (χ1n) is 13.7. The lowest BCUT2D eigenvalue weighted by Gasteiger charge is -2.23. The fourth-order valence-corrected chi connectivity index (χ4v) is 5.39. The number of nitro benzene ring substituents is 1. The number of rotatable bonds is 17. The van der Waals surface area contributed by atoms with Crippen LogP contribution in [0.5, 0.6) is 0 Å². The van der Waals surface area contributed by atoms with Crippen molar-refractivity contribution in [2.75, 3.05) is 18.0 Å². The zero-order valence-electron chi connectivity index (χ0n) is 22.3. The molecule has 3 rings (SSSR count). The van der Waals surface area contributed by atoms with Crippen LogP contribution in [0.3, 0.4) is 0 Å². The fourth-order valence-electron chi connectivity index (χ4n) is 4.46. The maximum absolute atomic E-state index is 10.8. The Balaban J connectivity index is 1.37. The van der Waals surface area contributed by atoms with E-state index in [1.54, 1.807) is 23.3 Å². The minimum atomic E-state index is -0.421. The average molecular weight is 521 g/mol. The summed E-state index contributed by atoms with van der Waals surface area (Å²) in [5.41, 5.74) is 5.77. The molecule has 2 aromatic carbocycles. The quantitative estimate of drug-likeness (QED) is 0.0769. The van der Waals surface area contributed by atoms with Gasteiger partial charge in [0.1, 0.15) is 0 Å². The molecule has 1 aromatic heterocycles. The minimum absolute atomic E-state index is 0.0488. The summed E-state index contributed by atoms with van der Waals surface area (Å²) in [6.45, 7) is 6.50. The van der Waals surface area contributed by atoms with Crippen LogP contribution in [-0.4, -0.2) is 18.0 Å². The Kier molecular flexibility index (Phi) is 12.3. The molecule has 0 atom stereocenters. The van der Waals surface area contributed by atoms with E-state index in [2.05, 4.69) is 51.9 Å². The van der Waals surface area contributed by atoms with Gasteiger partial charge in [-0.05, 0) is 97.3 Å². The van der Waals surface area contributed by atoms with Gasteiger partial charge in [0.05, 0.1) is 16.3 Å². The molecule has 0 aliphatic heterocycles. The van der Waals surface area contributed by atoms with Crippen molar-refractivity contribution in [3.8, 4) is 0 Å². The number of aryl methyl sites for hydroxylation is 2. The van der Waals surface area contributed by atoms with Crippen LogP contribution in [0.4, 0.5) is 22.7 Å². The van der Waals surface area contributed by atoms with Gasteiger partial charge < -0.3 is 4.90 Å². The number of hydrogen-bond donors (Lipinski definition) is 0. The molecule has 0 saturated heterocycles. The van der Waals surface area contributed by atoms with Gasteiger partial charge >= 0.3 is 0 Å². The maximum Gasteiger partial charge on any atom is 0.269 e. The van der Waals surface area contributed by atoms with Crippen LogP contribution >= 0.6 is 11.3 Å². The molecule has 198 valence electrons. The molecule has 0 saturated carbocycles. The second-order valence-electron chi connectivity index (χ2n) is 9.47. The molecule has 6 nitrogen and oxygen atoms in total. The molecule has 0 spiro atoms. The van der Waals surface area contributed by atoms with Gasteiger partial charge in [0.2, 0.25) is 0 Å². The van der Waals surface area contributed by atoms with Gasteiger partial charge in [-0.3, -0.25) is 10.1 Å². The van der Waals surface area contributed by atoms with Gasteiger partial charge in [0, 0.05) is 30.9 Å². The SMILES string of the molecule is CCCCCCc1cscc1CCCCCCN(CC)c1ccc(N=Nc2ccc([N+](=O)[O-])cc2)cc1. The van der Waals surface area contributed by atoms with E-state index in [9.17, 15) is 10.1 Å². The van der Waals surface area contributed by atoms with Crippen molar-refractivity contribution in [2.45, 2.75) is 78.1 Å². The second-order valence-corrected chi connectivity index (χ2v) is 10.2. The van der Waals surface area contributed by atoms with Crippen molar-refractivity contribution < 1.29 is 4.92 Å². The summed E-state index contributed by atoms with van der Waals surface area (Å²) < 4.78 is 0. The van der Waals surface area contributed by atoms with E-state index in [1.165, 1.54) is 82.0 Å². The summed E-state index contributed by atoms with van der Waals surface area (Å²) in [7, 11) is 0. The number of hydrogen-bond acceptors (Lipinski definition) is 6. The predicted octanol–water partition coefficient (Wildman–Crippen LogP) is 9.82. The summed E-state index contributed by atoms with van der Waals surface area (Å²) >= 11 is 1.87. The van der Waals surface area contributed by atoms with E-state index in [0.29, 0.717) is 5.69 Å². The highest BCUT2D eigenvalue weighted by molar-refractivity contribution is 7.08. The highest BCUT2D eigenvalue weighted by Gasteiger charge is 2.07. The third kappa shape index (κ3) is 9.73. The summed E-state index contributed by atoms with van der Waals surface area (Å²) in [4.78, 5) is 12.7. The topological polar surface area (TPSA) is 71.1 Å². The molecule has 0 N–H and O–H groups in total. The van der Waals surface area contributed by atoms with E-state index in [1.807, 2.05) is 23.5 Å². The van der Waals surface area contributed by atoms with E-state index >= 15 is 0 Å². The Labute approximate surface area is 225 Å². The van der Waals surface area contributed by atoms with Crippen LogP contribution < -0.4 is 4.90 Å². The number of anilines is 1. The van der Waals surface area contributed by atoms with Crippen LogP contribution in [0.25, 0.3) is 0 Å². The molecule has 1 heterocycles. The molecular weight excluding hydrogens is 480 g/mol. The Bertz CT molecular complexity index is 1090. The lowest BCUT2D eigenvalue weighted by molar-refractivity contribution is -0.384. The summed E-state index contributed by atoms with van der Waals surface area (Å²) in [5, 5.41) is 23.9. The monoisotopic (exact) mass is 520 g/mol. The first-order valence-corrected chi connectivity index (χ1v) is 14.6. The molecule has 0 fully saturated rings. The second kappa shape index (κ2) is 15.9. The predicted molar refractivity (Wildman–Crippen MR) is 156 cm³/mol. The third-order valence-electron chi connectivity index (χ3n) is 6.69. The number of nitro groups is 1. The molecule has 7 heteroatoms. The van der Waals surface area contributed by atoms with Gasteiger partial charge in [-0.25, -0.2) is 0 Å². The molecule has 0 unspecified atom stereocenters. The molecule has 0 amide bonds. The smallest absolute Gasteiger partial charge is 0.269 e. The highest BCUT2D eigenvalue weighted by Crippen LogP contribution is 2.24. The van der Waals surface area contributed by atoms with Crippen LogP contribution in [0.15, 0.2) is 69.5 Å². The Morgan fingerprint density at radius 2 is 1.30 bits per heavy atom. The van der Waals surface area contributed by atoms with Gasteiger partial charge in [-0.1, -0.05) is 39.0 Å². The molecule has 0 aliphatic carbocycles.